The lowest BCUT2D eigenvalue weighted by Gasteiger charge is -2.44. The molecule has 0 aliphatic carbocycles. The maximum atomic E-state index is 5.55. The van der Waals surface area contributed by atoms with Crippen molar-refractivity contribution in [2.75, 3.05) is 51.3 Å². The first-order valence-electron chi connectivity index (χ1n) is 10.0. The van der Waals surface area contributed by atoms with Crippen LogP contribution in [0.3, 0.4) is 0 Å². The molecule has 2 saturated heterocycles. The van der Waals surface area contributed by atoms with E-state index in [4.69, 9.17) is 4.74 Å². The Morgan fingerprint density at radius 1 is 1.11 bits per heavy atom. The predicted octanol–water partition coefficient (Wildman–Crippen LogP) is 2.22. The van der Waals surface area contributed by atoms with E-state index >= 15 is 0 Å². The Hall–Kier alpha value is -2.05. The maximum Gasteiger partial charge on any atom is 0.142 e. The second-order valence-electron chi connectivity index (χ2n) is 7.75. The van der Waals surface area contributed by atoms with E-state index in [2.05, 4.69) is 44.2 Å². The predicted molar refractivity (Wildman–Crippen MR) is 108 cm³/mol. The van der Waals surface area contributed by atoms with Crippen molar-refractivity contribution in [2.24, 2.45) is 7.05 Å². The van der Waals surface area contributed by atoms with Crippen LogP contribution in [0, 0.1) is 0 Å². The number of piperidine rings is 1. The summed E-state index contributed by atoms with van der Waals surface area (Å²) in [5.41, 5.74) is 2.54. The summed E-state index contributed by atoms with van der Waals surface area (Å²) < 4.78 is 7.44. The van der Waals surface area contributed by atoms with Crippen LogP contribution in [-0.2, 0) is 13.6 Å². The molecule has 4 rings (SSSR count). The van der Waals surface area contributed by atoms with Gasteiger partial charge >= 0.3 is 0 Å². The molecule has 0 bridgehead atoms. The smallest absolute Gasteiger partial charge is 0.142 e. The molecule has 1 atom stereocenters. The zero-order chi connectivity index (χ0) is 18.6. The third-order valence-corrected chi connectivity index (χ3v) is 5.90. The van der Waals surface area contributed by atoms with Crippen molar-refractivity contribution in [3.8, 4) is 5.75 Å². The number of benzene rings is 1. The zero-order valence-corrected chi connectivity index (χ0v) is 16.5. The van der Waals surface area contributed by atoms with Gasteiger partial charge in [-0.05, 0) is 31.5 Å². The van der Waals surface area contributed by atoms with Gasteiger partial charge in [0.25, 0.3) is 0 Å². The third kappa shape index (κ3) is 4.28. The summed E-state index contributed by atoms with van der Waals surface area (Å²) in [5.74, 6) is 0.978. The zero-order valence-electron chi connectivity index (χ0n) is 16.5. The highest BCUT2D eigenvalue weighted by molar-refractivity contribution is 5.58. The van der Waals surface area contributed by atoms with Crippen LogP contribution in [0.4, 0.5) is 5.69 Å². The van der Waals surface area contributed by atoms with E-state index in [9.17, 15) is 0 Å². The molecule has 0 amide bonds. The van der Waals surface area contributed by atoms with Gasteiger partial charge < -0.3 is 9.64 Å². The van der Waals surface area contributed by atoms with E-state index in [-0.39, 0.29) is 0 Å². The molecule has 1 unspecified atom stereocenters. The van der Waals surface area contributed by atoms with Crippen LogP contribution in [0.1, 0.15) is 18.4 Å². The molecule has 0 spiro atoms. The van der Waals surface area contributed by atoms with Crippen LogP contribution in [0.15, 0.2) is 36.7 Å². The number of aromatic nitrogens is 2. The average Bonchev–Trinajstić information content (AvgIpc) is 3.13. The Balaban J connectivity index is 1.32. The number of methoxy groups -OCH3 is 1. The SMILES string of the molecule is COc1ccccc1N1CCN(C2CCCN(Cc3cnn(C)c3)C2)CC1. The quantitative estimate of drug-likeness (QED) is 0.808. The highest BCUT2D eigenvalue weighted by atomic mass is 16.5. The van der Waals surface area contributed by atoms with Gasteiger partial charge in [0.05, 0.1) is 19.0 Å². The molecule has 0 saturated carbocycles. The molecular weight excluding hydrogens is 338 g/mol. The van der Waals surface area contributed by atoms with Crippen LogP contribution in [0.5, 0.6) is 5.75 Å². The Morgan fingerprint density at radius 3 is 2.67 bits per heavy atom. The summed E-state index contributed by atoms with van der Waals surface area (Å²) >= 11 is 0. The molecule has 146 valence electrons. The molecule has 2 aliphatic rings. The van der Waals surface area contributed by atoms with Crippen LogP contribution in [0.2, 0.25) is 0 Å². The van der Waals surface area contributed by atoms with Crippen LogP contribution < -0.4 is 9.64 Å². The molecule has 2 aromatic rings. The minimum Gasteiger partial charge on any atom is -0.495 e. The maximum absolute atomic E-state index is 5.55. The van der Waals surface area contributed by atoms with Gasteiger partial charge in [0.2, 0.25) is 0 Å². The van der Waals surface area contributed by atoms with Crippen LogP contribution in [-0.4, -0.2) is 72.0 Å². The minimum absolute atomic E-state index is 0.676. The molecule has 0 radical (unpaired) electrons. The van der Waals surface area contributed by atoms with E-state index in [1.807, 2.05) is 24.0 Å². The fraction of sp³-hybridized carbons (Fsp3) is 0.571. The topological polar surface area (TPSA) is 36.8 Å². The number of ether oxygens (including phenoxy) is 1. The fourth-order valence-corrected chi connectivity index (χ4v) is 4.50. The van der Waals surface area contributed by atoms with E-state index in [0.29, 0.717) is 6.04 Å². The molecule has 1 aromatic heterocycles. The first kappa shape index (κ1) is 18.3. The Kier molecular flexibility index (Phi) is 5.64. The fourth-order valence-electron chi connectivity index (χ4n) is 4.50. The molecule has 2 aliphatic heterocycles. The minimum atomic E-state index is 0.676. The summed E-state index contributed by atoms with van der Waals surface area (Å²) in [6.07, 6.45) is 6.74. The van der Waals surface area contributed by atoms with Crippen molar-refractivity contribution in [1.29, 1.82) is 0 Å². The number of likely N-dealkylation sites (tertiary alicyclic amines) is 1. The summed E-state index contributed by atoms with van der Waals surface area (Å²) in [7, 11) is 3.75. The highest BCUT2D eigenvalue weighted by Crippen LogP contribution is 2.29. The number of hydrogen-bond donors (Lipinski definition) is 0. The number of para-hydroxylation sites is 2. The van der Waals surface area contributed by atoms with Crippen LogP contribution in [0.25, 0.3) is 0 Å². The first-order valence-corrected chi connectivity index (χ1v) is 10.0. The number of piperazine rings is 1. The van der Waals surface area contributed by atoms with Gasteiger partial charge in [0.15, 0.2) is 0 Å². The lowest BCUT2D eigenvalue weighted by atomic mass is 10.0. The molecule has 0 N–H and O–H groups in total. The molecular formula is C21H31N5O. The number of rotatable bonds is 5. The highest BCUT2D eigenvalue weighted by Gasteiger charge is 2.28. The van der Waals surface area contributed by atoms with E-state index in [0.717, 1.165) is 38.5 Å². The summed E-state index contributed by atoms with van der Waals surface area (Å²) in [6, 6.07) is 9.04. The number of aryl methyl sites for hydroxylation is 1. The van der Waals surface area contributed by atoms with Gasteiger partial charge in [-0.25, -0.2) is 0 Å². The standard InChI is InChI=1S/C21H31N5O/c1-23-15-18(14-22-23)16-24-9-5-6-19(17-24)25-10-12-26(13-11-25)20-7-3-4-8-21(20)27-2/h3-4,7-8,14-15,19H,5-6,9-13,16-17H2,1-2H3. The second-order valence-corrected chi connectivity index (χ2v) is 7.75. The van der Waals surface area contributed by atoms with Gasteiger partial charge in [-0.15, -0.1) is 0 Å². The third-order valence-electron chi connectivity index (χ3n) is 5.90. The van der Waals surface area contributed by atoms with Gasteiger partial charge in [-0.2, -0.15) is 5.10 Å². The van der Waals surface area contributed by atoms with Gasteiger partial charge in [0.1, 0.15) is 5.75 Å². The van der Waals surface area contributed by atoms with E-state index in [1.54, 1.807) is 7.11 Å². The monoisotopic (exact) mass is 369 g/mol. The number of nitrogens with zero attached hydrogens (tertiary/aromatic N) is 5. The Labute approximate surface area is 162 Å². The molecule has 27 heavy (non-hydrogen) atoms. The first-order chi connectivity index (χ1) is 13.2. The van der Waals surface area contributed by atoms with E-state index < -0.39 is 0 Å². The lowest BCUT2D eigenvalue weighted by Crippen LogP contribution is -2.55. The van der Waals surface area contributed by atoms with Crippen molar-refractivity contribution >= 4 is 5.69 Å². The van der Waals surface area contributed by atoms with Gasteiger partial charge in [0, 0.05) is 64.1 Å². The summed E-state index contributed by atoms with van der Waals surface area (Å²) in [4.78, 5) is 7.75. The van der Waals surface area contributed by atoms with Crippen LogP contribution >= 0.6 is 0 Å². The van der Waals surface area contributed by atoms with Crippen molar-refractivity contribution in [3.05, 3.63) is 42.2 Å². The van der Waals surface area contributed by atoms with Gasteiger partial charge in [-0.3, -0.25) is 14.5 Å². The second kappa shape index (κ2) is 8.31. The molecule has 1 aromatic carbocycles. The molecule has 2 fully saturated rings. The van der Waals surface area contributed by atoms with Crippen molar-refractivity contribution in [3.63, 3.8) is 0 Å². The van der Waals surface area contributed by atoms with Crippen molar-refractivity contribution in [1.82, 2.24) is 19.6 Å². The van der Waals surface area contributed by atoms with E-state index in [1.165, 1.54) is 37.2 Å². The Bertz CT molecular complexity index is 738. The number of hydrogen-bond acceptors (Lipinski definition) is 5. The normalized spacial score (nSPS) is 22.1. The summed E-state index contributed by atoms with van der Waals surface area (Å²) in [6.45, 7) is 7.79. The number of anilines is 1. The Morgan fingerprint density at radius 2 is 1.93 bits per heavy atom. The van der Waals surface area contributed by atoms with Crippen molar-refractivity contribution < 1.29 is 4.74 Å². The molecule has 6 nitrogen and oxygen atoms in total. The largest absolute Gasteiger partial charge is 0.495 e. The molecule has 3 heterocycles. The van der Waals surface area contributed by atoms with Gasteiger partial charge in [-0.1, -0.05) is 12.1 Å². The average molecular weight is 370 g/mol. The van der Waals surface area contributed by atoms with Crippen molar-refractivity contribution in [2.45, 2.75) is 25.4 Å². The lowest BCUT2D eigenvalue weighted by molar-refractivity contribution is 0.0887. The molecule has 6 heteroatoms. The summed E-state index contributed by atoms with van der Waals surface area (Å²) in [5, 5.41) is 4.31.